The van der Waals surface area contributed by atoms with Crippen LogP contribution in [0.15, 0.2) is 89.8 Å². The first-order valence-electron chi connectivity index (χ1n) is 11.7. The Labute approximate surface area is 210 Å². The third kappa shape index (κ3) is 5.52. The normalized spacial score (nSPS) is 29.1. The van der Waals surface area contributed by atoms with Crippen LogP contribution in [0.5, 0.6) is 0 Å². The van der Waals surface area contributed by atoms with Crippen LogP contribution in [0.25, 0.3) is 0 Å². The van der Waals surface area contributed by atoms with Gasteiger partial charge in [0.05, 0.1) is 18.1 Å². The van der Waals surface area contributed by atoms with Crippen LogP contribution < -0.4 is 0 Å². The predicted octanol–water partition coefficient (Wildman–Crippen LogP) is 3.66. The first-order chi connectivity index (χ1) is 17.4. The van der Waals surface area contributed by atoms with Gasteiger partial charge in [0.15, 0.2) is 12.6 Å². The second-order valence-corrected chi connectivity index (χ2v) is 10.4. The number of ether oxygens (including phenoxy) is 4. The van der Waals surface area contributed by atoms with E-state index in [4.69, 9.17) is 23.1 Å². The lowest BCUT2D eigenvalue weighted by Gasteiger charge is -2.44. The molecule has 0 spiro atoms. The van der Waals surface area contributed by atoms with Crippen molar-refractivity contribution in [2.45, 2.75) is 48.8 Å². The maximum absolute atomic E-state index is 13.1. The molecule has 36 heavy (non-hydrogen) atoms. The highest BCUT2D eigenvalue weighted by molar-refractivity contribution is 7.86. The van der Waals surface area contributed by atoms with Gasteiger partial charge in [-0.3, -0.25) is 4.18 Å². The minimum Gasteiger partial charge on any atom is -0.388 e. The third-order valence-electron chi connectivity index (χ3n) is 6.16. The van der Waals surface area contributed by atoms with Gasteiger partial charge in [-0.25, -0.2) is 0 Å². The van der Waals surface area contributed by atoms with Crippen LogP contribution >= 0.6 is 0 Å². The molecule has 9 heteroatoms. The van der Waals surface area contributed by atoms with Crippen LogP contribution in [0.3, 0.4) is 0 Å². The zero-order valence-electron chi connectivity index (χ0n) is 19.7. The van der Waals surface area contributed by atoms with Gasteiger partial charge in [-0.05, 0) is 19.1 Å². The second-order valence-electron chi connectivity index (χ2n) is 8.82. The minimum atomic E-state index is -4.14. The third-order valence-corrected chi connectivity index (χ3v) is 7.51. The van der Waals surface area contributed by atoms with Gasteiger partial charge >= 0.3 is 0 Å². The molecule has 190 valence electrons. The van der Waals surface area contributed by atoms with Crippen molar-refractivity contribution in [3.63, 3.8) is 0 Å². The average Bonchev–Trinajstić information content (AvgIpc) is 2.90. The van der Waals surface area contributed by atoms with Gasteiger partial charge in [-0.2, -0.15) is 8.42 Å². The Morgan fingerprint density at radius 3 is 1.86 bits per heavy atom. The Hall–Kier alpha value is -2.63. The standard InChI is InChI=1S/C27H28O8S/c1-18-12-14-21(15-13-18)36(29,30)35-23-17-32-27(20-10-6-3-7-11-20)34-25(23)24-22(28)16-31-26(33-24)19-8-4-2-5-9-19/h2-15,22-28H,16-17H2,1H3/t22-,23+,24+,25+,26?,27?/m0/s1. The van der Waals surface area contributed by atoms with Gasteiger partial charge in [0.25, 0.3) is 10.1 Å². The molecule has 3 aromatic rings. The maximum Gasteiger partial charge on any atom is 0.297 e. The average molecular weight is 513 g/mol. The zero-order chi connectivity index (χ0) is 25.1. The van der Waals surface area contributed by atoms with E-state index in [0.717, 1.165) is 16.7 Å². The van der Waals surface area contributed by atoms with Crippen LogP contribution in [0.2, 0.25) is 0 Å². The summed E-state index contributed by atoms with van der Waals surface area (Å²) in [6.07, 6.45) is -5.57. The molecule has 3 aromatic carbocycles. The minimum absolute atomic E-state index is 0.0155. The monoisotopic (exact) mass is 512 g/mol. The van der Waals surface area contributed by atoms with E-state index in [1.807, 2.05) is 67.6 Å². The van der Waals surface area contributed by atoms with E-state index in [-0.39, 0.29) is 18.1 Å². The van der Waals surface area contributed by atoms with E-state index in [0.29, 0.717) is 0 Å². The molecule has 0 aromatic heterocycles. The lowest BCUT2D eigenvalue weighted by Crippen LogP contribution is -2.57. The van der Waals surface area contributed by atoms with Gasteiger partial charge in [-0.1, -0.05) is 78.4 Å². The van der Waals surface area contributed by atoms with E-state index in [9.17, 15) is 13.5 Å². The second kappa shape index (κ2) is 10.8. The van der Waals surface area contributed by atoms with E-state index >= 15 is 0 Å². The van der Waals surface area contributed by atoms with Crippen molar-refractivity contribution >= 4 is 10.1 Å². The lowest BCUT2D eigenvalue weighted by atomic mass is 10.0. The smallest absolute Gasteiger partial charge is 0.297 e. The molecule has 5 rings (SSSR count). The Balaban J connectivity index is 1.43. The summed E-state index contributed by atoms with van der Waals surface area (Å²) in [6, 6.07) is 25.0. The summed E-state index contributed by atoms with van der Waals surface area (Å²) < 4.78 is 55.8. The highest BCUT2D eigenvalue weighted by Crippen LogP contribution is 2.36. The summed E-state index contributed by atoms with van der Waals surface area (Å²) in [6.45, 7) is 1.77. The van der Waals surface area contributed by atoms with Gasteiger partial charge < -0.3 is 24.1 Å². The fraction of sp³-hybridized carbons (Fsp3) is 0.333. The molecule has 0 bridgehead atoms. The molecule has 0 saturated carbocycles. The van der Waals surface area contributed by atoms with Crippen LogP contribution in [-0.2, 0) is 33.2 Å². The van der Waals surface area contributed by atoms with Crippen LogP contribution in [0, 0.1) is 6.92 Å². The number of hydrogen-bond donors (Lipinski definition) is 1. The van der Waals surface area contributed by atoms with Crippen molar-refractivity contribution in [2.75, 3.05) is 13.2 Å². The molecular formula is C27H28O8S. The Kier molecular flexibility index (Phi) is 7.49. The molecule has 6 atom stereocenters. The van der Waals surface area contributed by atoms with E-state index in [1.165, 1.54) is 12.1 Å². The zero-order valence-corrected chi connectivity index (χ0v) is 20.5. The molecule has 2 fully saturated rings. The topological polar surface area (TPSA) is 101 Å². The fourth-order valence-corrected chi connectivity index (χ4v) is 5.33. The van der Waals surface area contributed by atoms with Gasteiger partial charge in [-0.15, -0.1) is 0 Å². The Morgan fingerprint density at radius 2 is 1.28 bits per heavy atom. The van der Waals surface area contributed by atoms with Crippen molar-refractivity contribution in [3.05, 3.63) is 102 Å². The van der Waals surface area contributed by atoms with Crippen LogP contribution in [-0.4, -0.2) is 51.2 Å². The fourth-order valence-electron chi connectivity index (χ4n) is 4.26. The molecule has 0 aliphatic carbocycles. The quantitative estimate of drug-likeness (QED) is 0.500. The first kappa shape index (κ1) is 25.0. The summed E-state index contributed by atoms with van der Waals surface area (Å²) in [5.41, 5.74) is 2.45. The van der Waals surface area contributed by atoms with Crippen molar-refractivity contribution in [3.8, 4) is 0 Å². The number of benzene rings is 3. The molecule has 2 saturated heterocycles. The van der Waals surface area contributed by atoms with Crippen LogP contribution in [0.4, 0.5) is 0 Å². The molecule has 0 amide bonds. The largest absolute Gasteiger partial charge is 0.388 e. The number of aliphatic hydroxyl groups excluding tert-OH is 1. The number of aryl methyl sites for hydroxylation is 1. The number of hydrogen-bond acceptors (Lipinski definition) is 8. The number of rotatable bonds is 6. The highest BCUT2D eigenvalue weighted by atomic mass is 32.2. The molecule has 2 unspecified atom stereocenters. The van der Waals surface area contributed by atoms with E-state index in [1.54, 1.807) is 12.1 Å². The van der Waals surface area contributed by atoms with Gasteiger partial charge in [0.1, 0.15) is 24.4 Å². The maximum atomic E-state index is 13.1. The summed E-state index contributed by atoms with van der Waals surface area (Å²) >= 11 is 0. The first-order valence-corrected chi connectivity index (χ1v) is 13.1. The molecule has 1 N–H and O–H groups in total. The van der Waals surface area contributed by atoms with E-state index < -0.39 is 47.1 Å². The summed E-state index contributed by atoms with van der Waals surface area (Å²) in [5.74, 6) is 0. The van der Waals surface area contributed by atoms with Crippen molar-refractivity contribution < 1.29 is 36.7 Å². The molecule has 8 nitrogen and oxygen atoms in total. The van der Waals surface area contributed by atoms with E-state index in [2.05, 4.69) is 0 Å². The van der Waals surface area contributed by atoms with Crippen molar-refractivity contribution in [2.24, 2.45) is 0 Å². The summed E-state index contributed by atoms with van der Waals surface area (Å²) in [4.78, 5) is 0.0210. The number of aliphatic hydroxyl groups is 1. The highest BCUT2D eigenvalue weighted by Gasteiger charge is 2.47. The molecular weight excluding hydrogens is 484 g/mol. The van der Waals surface area contributed by atoms with Gasteiger partial charge in [0.2, 0.25) is 0 Å². The van der Waals surface area contributed by atoms with Crippen molar-refractivity contribution in [1.82, 2.24) is 0 Å². The Morgan fingerprint density at radius 1 is 0.750 bits per heavy atom. The molecule has 2 aliphatic rings. The SMILES string of the molecule is Cc1ccc(S(=O)(=O)O[C@@H]2COC(c3ccccc3)O[C@H]2[C@@H]2OC(c3ccccc3)OC[C@@H]2O)cc1. The summed E-state index contributed by atoms with van der Waals surface area (Å²) in [7, 11) is -4.14. The molecule has 2 heterocycles. The van der Waals surface area contributed by atoms with Crippen LogP contribution in [0.1, 0.15) is 29.3 Å². The van der Waals surface area contributed by atoms with Gasteiger partial charge in [0, 0.05) is 11.1 Å². The van der Waals surface area contributed by atoms with Crippen molar-refractivity contribution in [1.29, 1.82) is 0 Å². The lowest BCUT2D eigenvalue weighted by molar-refractivity contribution is -0.328. The molecule has 2 aliphatic heterocycles. The predicted molar refractivity (Wildman–Crippen MR) is 129 cm³/mol. The Bertz CT molecular complexity index is 1230. The summed E-state index contributed by atoms with van der Waals surface area (Å²) in [5, 5.41) is 10.8. The molecule has 0 radical (unpaired) electrons.